The summed E-state index contributed by atoms with van der Waals surface area (Å²) in [5.41, 5.74) is 5.98. The van der Waals surface area contributed by atoms with E-state index in [1.54, 1.807) is 12.1 Å². The van der Waals surface area contributed by atoms with Crippen molar-refractivity contribution in [1.29, 1.82) is 0 Å². The van der Waals surface area contributed by atoms with Crippen molar-refractivity contribution in [2.24, 2.45) is 5.73 Å². The third-order valence-electron chi connectivity index (χ3n) is 5.85. The molecule has 2 heterocycles. The lowest BCUT2D eigenvalue weighted by molar-refractivity contribution is -0.136. The average molecular weight is 443 g/mol. The number of carbonyl (C=O) groups excluding carboxylic acids is 5. The van der Waals surface area contributed by atoms with Gasteiger partial charge in [-0.25, -0.2) is 0 Å². The Labute approximate surface area is 187 Å². The van der Waals surface area contributed by atoms with Gasteiger partial charge in [-0.05, 0) is 37.9 Å². The molecule has 2 aliphatic rings. The van der Waals surface area contributed by atoms with Crippen LogP contribution < -0.4 is 16.4 Å². The van der Waals surface area contributed by atoms with E-state index in [1.165, 1.54) is 6.07 Å². The lowest BCUT2D eigenvalue weighted by Gasteiger charge is -2.27. The van der Waals surface area contributed by atoms with Crippen LogP contribution in [0.4, 0.5) is 5.69 Å². The van der Waals surface area contributed by atoms with Gasteiger partial charge < -0.3 is 11.1 Å². The topological polar surface area (TPSA) is 139 Å². The Kier molecular flexibility index (Phi) is 8.10. The van der Waals surface area contributed by atoms with E-state index in [-0.39, 0.29) is 35.6 Å². The molecule has 9 nitrogen and oxygen atoms in total. The highest BCUT2D eigenvalue weighted by Crippen LogP contribution is 2.32. The van der Waals surface area contributed by atoms with E-state index in [0.29, 0.717) is 6.42 Å². The summed E-state index contributed by atoms with van der Waals surface area (Å²) in [5.74, 6) is -2.53. The van der Waals surface area contributed by atoms with E-state index < -0.39 is 29.7 Å². The van der Waals surface area contributed by atoms with Crippen LogP contribution in [-0.2, 0) is 14.4 Å². The van der Waals surface area contributed by atoms with Gasteiger partial charge in [0, 0.05) is 12.8 Å². The molecular formula is C23H30N4O5. The second kappa shape index (κ2) is 11.0. The molecule has 0 bridgehead atoms. The summed E-state index contributed by atoms with van der Waals surface area (Å²) in [6, 6.07) is 3.64. The van der Waals surface area contributed by atoms with Crippen molar-refractivity contribution in [3.8, 4) is 0 Å². The number of nitrogens with zero attached hydrogens (tertiary/aromatic N) is 1. The summed E-state index contributed by atoms with van der Waals surface area (Å²) in [6.45, 7) is 0.725. The van der Waals surface area contributed by atoms with Crippen molar-refractivity contribution in [2.75, 3.05) is 11.9 Å². The van der Waals surface area contributed by atoms with Crippen LogP contribution in [0.15, 0.2) is 18.2 Å². The first-order chi connectivity index (χ1) is 15.4. The van der Waals surface area contributed by atoms with E-state index >= 15 is 0 Å². The molecule has 2 aliphatic heterocycles. The SMILES string of the molecule is NCCCCCCCCCC(=O)Nc1cccc2c1C(=O)N(C1CCC(=O)NC1=O)C2=O. The van der Waals surface area contributed by atoms with Crippen LogP contribution in [0.5, 0.6) is 0 Å². The molecule has 0 saturated carbocycles. The highest BCUT2D eigenvalue weighted by molar-refractivity contribution is 6.26. The van der Waals surface area contributed by atoms with Crippen LogP contribution in [-0.4, -0.2) is 47.0 Å². The molecule has 0 spiro atoms. The maximum absolute atomic E-state index is 13.0. The fourth-order valence-corrected chi connectivity index (χ4v) is 4.15. The molecule has 1 aromatic rings. The predicted octanol–water partition coefficient (Wildman–Crippen LogP) is 2.11. The van der Waals surface area contributed by atoms with Gasteiger partial charge in [-0.3, -0.25) is 34.2 Å². The van der Waals surface area contributed by atoms with Crippen molar-refractivity contribution in [3.05, 3.63) is 29.3 Å². The Balaban J connectivity index is 1.57. The Morgan fingerprint density at radius 3 is 2.38 bits per heavy atom. The maximum Gasteiger partial charge on any atom is 0.264 e. The molecule has 0 aliphatic carbocycles. The minimum absolute atomic E-state index is 0.0560. The van der Waals surface area contributed by atoms with Crippen LogP contribution in [0, 0.1) is 0 Å². The summed E-state index contributed by atoms with van der Waals surface area (Å²) in [4.78, 5) is 62.8. The number of amides is 5. The molecule has 1 fully saturated rings. The molecule has 1 saturated heterocycles. The third-order valence-corrected chi connectivity index (χ3v) is 5.85. The summed E-state index contributed by atoms with van der Waals surface area (Å²) in [5, 5.41) is 4.92. The standard InChI is InChI=1S/C23H30N4O5/c24-14-7-5-3-1-2-4-6-11-18(28)25-16-10-8-9-15-20(16)23(32)27(22(15)31)17-12-13-19(29)26-21(17)30/h8-10,17H,1-7,11-14,24H2,(H,25,28)(H,26,29,30). The van der Waals surface area contributed by atoms with Gasteiger partial charge in [-0.2, -0.15) is 0 Å². The van der Waals surface area contributed by atoms with Gasteiger partial charge in [-0.15, -0.1) is 0 Å². The fraction of sp³-hybridized carbons (Fsp3) is 0.522. The highest BCUT2D eigenvalue weighted by Gasteiger charge is 2.45. The van der Waals surface area contributed by atoms with Crippen LogP contribution >= 0.6 is 0 Å². The number of nitrogens with one attached hydrogen (secondary N) is 2. The molecule has 32 heavy (non-hydrogen) atoms. The first kappa shape index (κ1) is 23.6. The number of piperidine rings is 1. The van der Waals surface area contributed by atoms with Gasteiger partial charge in [0.15, 0.2) is 0 Å². The zero-order valence-electron chi connectivity index (χ0n) is 18.2. The van der Waals surface area contributed by atoms with Crippen LogP contribution in [0.1, 0.15) is 84.9 Å². The van der Waals surface area contributed by atoms with E-state index in [4.69, 9.17) is 5.73 Å². The number of rotatable bonds is 11. The molecular weight excluding hydrogens is 412 g/mol. The minimum Gasteiger partial charge on any atom is -0.330 e. The summed E-state index contributed by atoms with van der Waals surface area (Å²) in [7, 11) is 0. The van der Waals surface area contributed by atoms with Crippen molar-refractivity contribution >= 4 is 35.2 Å². The van der Waals surface area contributed by atoms with Gasteiger partial charge >= 0.3 is 0 Å². The monoisotopic (exact) mass is 442 g/mol. The zero-order chi connectivity index (χ0) is 23.1. The Morgan fingerprint density at radius 2 is 1.69 bits per heavy atom. The van der Waals surface area contributed by atoms with Crippen molar-refractivity contribution < 1.29 is 24.0 Å². The van der Waals surface area contributed by atoms with Crippen molar-refractivity contribution in [2.45, 2.75) is 70.3 Å². The lowest BCUT2D eigenvalue weighted by Crippen LogP contribution is -2.54. The van der Waals surface area contributed by atoms with Crippen LogP contribution in [0.3, 0.4) is 0 Å². The number of unbranched alkanes of at least 4 members (excludes halogenated alkanes) is 6. The lowest BCUT2D eigenvalue weighted by atomic mass is 10.0. The molecule has 0 radical (unpaired) electrons. The Morgan fingerprint density at radius 1 is 1.00 bits per heavy atom. The number of nitrogens with two attached hydrogens (primary N) is 1. The normalized spacial score (nSPS) is 18.0. The van der Waals surface area contributed by atoms with Crippen LogP contribution in [0.2, 0.25) is 0 Å². The summed E-state index contributed by atoms with van der Waals surface area (Å²) >= 11 is 0. The number of hydrogen-bond donors (Lipinski definition) is 3. The largest absolute Gasteiger partial charge is 0.330 e. The number of carbonyl (C=O) groups is 5. The minimum atomic E-state index is -1.03. The van der Waals surface area contributed by atoms with Crippen molar-refractivity contribution in [3.63, 3.8) is 0 Å². The molecule has 5 amide bonds. The Bertz CT molecular complexity index is 914. The molecule has 3 rings (SSSR count). The molecule has 9 heteroatoms. The summed E-state index contributed by atoms with van der Waals surface area (Å²) in [6.07, 6.45) is 7.68. The van der Waals surface area contributed by atoms with E-state index in [0.717, 1.165) is 56.4 Å². The van der Waals surface area contributed by atoms with E-state index in [9.17, 15) is 24.0 Å². The number of benzene rings is 1. The molecule has 1 aromatic carbocycles. The smallest absolute Gasteiger partial charge is 0.264 e. The first-order valence-corrected chi connectivity index (χ1v) is 11.3. The van der Waals surface area contributed by atoms with Crippen molar-refractivity contribution in [1.82, 2.24) is 10.2 Å². The fourth-order valence-electron chi connectivity index (χ4n) is 4.15. The van der Waals surface area contributed by atoms with Gasteiger partial charge in [0.05, 0.1) is 16.8 Å². The maximum atomic E-state index is 13.0. The number of hydrogen-bond acceptors (Lipinski definition) is 6. The quantitative estimate of drug-likeness (QED) is 0.354. The molecule has 1 atom stereocenters. The average Bonchev–Trinajstić information content (AvgIpc) is 3.01. The second-order valence-electron chi connectivity index (χ2n) is 8.24. The zero-order valence-corrected chi connectivity index (χ0v) is 18.2. The molecule has 4 N–H and O–H groups in total. The van der Waals surface area contributed by atoms with E-state index in [2.05, 4.69) is 10.6 Å². The molecule has 0 aromatic heterocycles. The van der Waals surface area contributed by atoms with Crippen LogP contribution in [0.25, 0.3) is 0 Å². The molecule has 1 unspecified atom stereocenters. The van der Waals surface area contributed by atoms with E-state index in [1.807, 2.05) is 0 Å². The second-order valence-corrected chi connectivity index (χ2v) is 8.24. The number of anilines is 1. The number of imide groups is 2. The highest BCUT2D eigenvalue weighted by atomic mass is 16.2. The van der Waals surface area contributed by atoms with Gasteiger partial charge in [0.1, 0.15) is 6.04 Å². The molecule has 172 valence electrons. The predicted molar refractivity (Wildman–Crippen MR) is 118 cm³/mol. The first-order valence-electron chi connectivity index (χ1n) is 11.3. The van der Waals surface area contributed by atoms with Gasteiger partial charge in [0.25, 0.3) is 11.8 Å². The number of fused-ring (bicyclic) bond motifs is 1. The van der Waals surface area contributed by atoms with Gasteiger partial charge in [0.2, 0.25) is 17.7 Å². The Hall–Kier alpha value is -3.07. The summed E-state index contributed by atoms with van der Waals surface area (Å²) < 4.78 is 0. The van der Waals surface area contributed by atoms with Gasteiger partial charge in [-0.1, -0.05) is 38.2 Å². The third kappa shape index (κ3) is 5.40.